The van der Waals surface area contributed by atoms with E-state index in [0.29, 0.717) is 11.3 Å². The van der Waals surface area contributed by atoms with Gasteiger partial charge < -0.3 is 10.1 Å². The second-order valence-corrected chi connectivity index (χ2v) is 8.10. The molecule has 2 rings (SSSR count). The maximum atomic E-state index is 13.3. The first-order valence-corrected chi connectivity index (χ1v) is 10.3. The van der Waals surface area contributed by atoms with Crippen LogP contribution in [-0.2, 0) is 24.3 Å². The number of hydrogen-bond acceptors (Lipinski definition) is 7. The van der Waals surface area contributed by atoms with Crippen molar-refractivity contribution in [1.29, 1.82) is 0 Å². The third-order valence-corrected chi connectivity index (χ3v) is 4.97. The molecule has 160 valence electrons. The van der Waals surface area contributed by atoms with E-state index in [9.17, 15) is 32.5 Å². The highest BCUT2D eigenvalue weighted by atomic mass is 32.2. The van der Waals surface area contributed by atoms with E-state index in [0.717, 1.165) is 28.8 Å². The summed E-state index contributed by atoms with van der Waals surface area (Å²) in [5.41, 5.74) is 0.0139. The standard InChI is InChI=1S/C18H18FN3O7S/c1-12-5-3-4-6-15(12)21(30(2,27)28)10-18(24)29-11-17(23)20-13-7-8-14(19)16(9-13)22(25)26/h3-9H,10-11H2,1-2H3,(H,20,23). The minimum atomic E-state index is -3.81. The molecule has 0 aromatic heterocycles. The van der Waals surface area contributed by atoms with E-state index < -0.39 is 51.5 Å². The summed E-state index contributed by atoms with van der Waals surface area (Å²) in [7, 11) is -3.81. The number of sulfonamides is 1. The van der Waals surface area contributed by atoms with Gasteiger partial charge in [-0.2, -0.15) is 4.39 Å². The number of benzene rings is 2. The van der Waals surface area contributed by atoms with Gasteiger partial charge in [-0.25, -0.2) is 8.42 Å². The van der Waals surface area contributed by atoms with Gasteiger partial charge in [-0.3, -0.25) is 24.0 Å². The molecule has 12 heteroatoms. The fourth-order valence-electron chi connectivity index (χ4n) is 2.46. The number of nitrogens with zero attached hydrogens (tertiary/aromatic N) is 2. The number of carbonyl (C=O) groups is 2. The average molecular weight is 439 g/mol. The first-order chi connectivity index (χ1) is 14.0. The Kier molecular flexibility index (Phi) is 7.06. The number of hydrogen-bond donors (Lipinski definition) is 1. The molecule has 0 aliphatic carbocycles. The van der Waals surface area contributed by atoms with E-state index in [2.05, 4.69) is 5.32 Å². The molecule has 2 aromatic rings. The predicted molar refractivity (Wildman–Crippen MR) is 106 cm³/mol. The molecule has 0 aliphatic rings. The SMILES string of the molecule is Cc1ccccc1N(CC(=O)OCC(=O)Nc1ccc(F)c([N+](=O)[O-])c1)S(C)(=O)=O. The Morgan fingerprint density at radius 2 is 1.90 bits per heavy atom. The smallest absolute Gasteiger partial charge is 0.327 e. The van der Waals surface area contributed by atoms with Crippen LogP contribution in [0.3, 0.4) is 0 Å². The topological polar surface area (TPSA) is 136 Å². The molecule has 0 atom stereocenters. The fourth-order valence-corrected chi connectivity index (χ4v) is 3.36. The Balaban J connectivity index is 2.01. The maximum Gasteiger partial charge on any atom is 0.327 e. The van der Waals surface area contributed by atoms with Crippen LogP contribution in [0.4, 0.5) is 21.5 Å². The Bertz CT molecular complexity index is 1090. The van der Waals surface area contributed by atoms with Gasteiger partial charge in [0.15, 0.2) is 6.61 Å². The average Bonchev–Trinajstić information content (AvgIpc) is 2.65. The van der Waals surface area contributed by atoms with Gasteiger partial charge >= 0.3 is 11.7 Å². The summed E-state index contributed by atoms with van der Waals surface area (Å²) in [6.07, 6.45) is 0.931. The Labute approximate surface area is 171 Å². The third kappa shape index (κ3) is 5.98. The highest BCUT2D eigenvalue weighted by molar-refractivity contribution is 7.92. The lowest BCUT2D eigenvalue weighted by molar-refractivity contribution is -0.387. The molecule has 0 bridgehead atoms. The monoisotopic (exact) mass is 439 g/mol. The fraction of sp³-hybridized carbons (Fsp3) is 0.222. The molecule has 0 aliphatic heterocycles. The van der Waals surface area contributed by atoms with Crippen LogP contribution in [0.1, 0.15) is 5.56 Å². The number of aryl methyl sites for hydroxylation is 1. The zero-order valence-electron chi connectivity index (χ0n) is 16.0. The highest BCUT2D eigenvalue weighted by Crippen LogP contribution is 2.22. The first-order valence-electron chi connectivity index (χ1n) is 8.42. The number of halogens is 1. The number of esters is 1. The molecule has 0 unspecified atom stereocenters. The molecule has 0 saturated heterocycles. The van der Waals surface area contributed by atoms with Crippen LogP contribution >= 0.6 is 0 Å². The van der Waals surface area contributed by atoms with Crippen molar-refractivity contribution < 1.29 is 32.1 Å². The number of carbonyl (C=O) groups excluding carboxylic acids is 2. The lowest BCUT2D eigenvalue weighted by Gasteiger charge is -2.23. The molecular formula is C18H18FN3O7S. The minimum Gasteiger partial charge on any atom is -0.454 e. The molecule has 0 saturated carbocycles. The number of para-hydroxylation sites is 1. The van der Waals surface area contributed by atoms with Crippen LogP contribution in [0.25, 0.3) is 0 Å². The number of nitrogens with one attached hydrogen (secondary N) is 1. The highest BCUT2D eigenvalue weighted by Gasteiger charge is 2.23. The third-order valence-electron chi connectivity index (χ3n) is 3.85. The summed E-state index contributed by atoms with van der Waals surface area (Å²) >= 11 is 0. The summed E-state index contributed by atoms with van der Waals surface area (Å²) in [5, 5.41) is 13.0. The van der Waals surface area contributed by atoms with E-state index in [1.165, 1.54) is 6.07 Å². The van der Waals surface area contributed by atoms with Gasteiger partial charge in [0.1, 0.15) is 6.54 Å². The van der Waals surface area contributed by atoms with Crippen molar-refractivity contribution in [3.05, 3.63) is 64.0 Å². The van der Waals surface area contributed by atoms with E-state index in [-0.39, 0.29) is 5.69 Å². The van der Waals surface area contributed by atoms with Gasteiger partial charge in [-0.15, -0.1) is 0 Å². The van der Waals surface area contributed by atoms with E-state index in [1.54, 1.807) is 25.1 Å². The first kappa shape index (κ1) is 22.7. The molecule has 30 heavy (non-hydrogen) atoms. The van der Waals surface area contributed by atoms with Crippen molar-refractivity contribution in [1.82, 2.24) is 0 Å². The minimum absolute atomic E-state index is 0.0678. The summed E-state index contributed by atoms with van der Waals surface area (Å²) < 4.78 is 43.1. The molecule has 0 radical (unpaired) electrons. The lowest BCUT2D eigenvalue weighted by Crippen LogP contribution is -2.37. The van der Waals surface area contributed by atoms with Gasteiger partial charge in [0.05, 0.1) is 16.9 Å². The Morgan fingerprint density at radius 1 is 1.23 bits per heavy atom. The van der Waals surface area contributed by atoms with Gasteiger partial charge in [0.2, 0.25) is 15.8 Å². The van der Waals surface area contributed by atoms with Crippen molar-refractivity contribution in [3.63, 3.8) is 0 Å². The van der Waals surface area contributed by atoms with Gasteiger partial charge in [-0.1, -0.05) is 18.2 Å². The molecule has 0 spiro atoms. The van der Waals surface area contributed by atoms with E-state index in [4.69, 9.17) is 4.74 Å². The summed E-state index contributed by atoms with van der Waals surface area (Å²) in [4.78, 5) is 33.8. The number of nitro benzene ring substituents is 1. The molecular weight excluding hydrogens is 421 g/mol. The number of rotatable bonds is 8. The molecule has 1 amide bonds. The van der Waals surface area contributed by atoms with Crippen LogP contribution in [0, 0.1) is 22.9 Å². The molecule has 2 aromatic carbocycles. The zero-order valence-corrected chi connectivity index (χ0v) is 16.8. The largest absolute Gasteiger partial charge is 0.454 e. The van der Waals surface area contributed by atoms with Crippen LogP contribution in [0.2, 0.25) is 0 Å². The maximum absolute atomic E-state index is 13.3. The molecule has 0 fully saturated rings. The second kappa shape index (κ2) is 9.31. The number of anilines is 2. The van der Waals surface area contributed by atoms with Crippen molar-refractivity contribution in [2.24, 2.45) is 0 Å². The summed E-state index contributed by atoms with van der Waals surface area (Å²) in [6.45, 7) is 0.253. The number of amides is 1. The van der Waals surface area contributed by atoms with E-state index in [1.807, 2.05) is 0 Å². The van der Waals surface area contributed by atoms with Crippen molar-refractivity contribution >= 4 is 39.0 Å². The normalized spacial score (nSPS) is 10.9. The predicted octanol–water partition coefficient (Wildman–Crippen LogP) is 1.99. The van der Waals surface area contributed by atoms with Gasteiger partial charge in [-0.05, 0) is 30.7 Å². The number of ether oxygens (including phenoxy) is 1. The lowest BCUT2D eigenvalue weighted by atomic mass is 10.2. The van der Waals surface area contributed by atoms with Crippen molar-refractivity contribution in [2.75, 3.05) is 29.0 Å². The van der Waals surface area contributed by atoms with Crippen LogP contribution in [-0.4, -0.2) is 44.6 Å². The molecule has 10 nitrogen and oxygen atoms in total. The van der Waals surface area contributed by atoms with Crippen LogP contribution in [0.15, 0.2) is 42.5 Å². The van der Waals surface area contributed by atoms with E-state index >= 15 is 0 Å². The van der Waals surface area contributed by atoms with Crippen LogP contribution < -0.4 is 9.62 Å². The zero-order chi connectivity index (χ0) is 22.5. The summed E-state index contributed by atoms with van der Waals surface area (Å²) in [6, 6.07) is 9.26. The Morgan fingerprint density at radius 3 is 2.50 bits per heavy atom. The quantitative estimate of drug-likeness (QED) is 0.377. The molecule has 1 N–H and O–H groups in total. The number of nitro groups is 1. The van der Waals surface area contributed by atoms with Gasteiger partial charge in [0, 0.05) is 11.8 Å². The Hall–Kier alpha value is -3.54. The van der Waals surface area contributed by atoms with Crippen LogP contribution in [0.5, 0.6) is 0 Å². The summed E-state index contributed by atoms with van der Waals surface area (Å²) in [5.74, 6) is -2.89. The van der Waals surface area contributed by atoms with Crippen molar-refractivity contribution in [2.45, 2.75) is 6.92 Å². The second-order valence-electron chi connectivity index (χ2n) is 6.19. The van der Waals surface area contributed by atoms with Gasteiger partial charge in [0.25, 0.3) is 5.91 Å². The van der Waals surface area contributed by atoms with Crippen molar-refractivity contribution in [3.8, 4) is 0 Å². The molecule has 0 heterocycles.